The lowest BCUT2D eigenvalue weighted by Gasteiger charge is -2.00. The van der Waals surface area contributed by atoms with E-state index < -0.39 is 0 Å². The van der Waals surface area contributed by atoms with Crippen LogP contribution in [0.2, 0.25) is 0 Å². The molecule has 86 valence electrons. The topological polar surface area (TPSA) is 18.5 Å². The standard InChI is InChI=1S/C13H8Br2O2/c14-5-1-3-10-7-12-13(17-9-16-12)8-11(10)4-2-6-15/h7-8H,5-6,9H2. The highest BCUT2D eigenvalue weighted by Crippen LogP contribution is 2.34. The van der Waals surface area contributed by atoms with Gasteiger partial charge >= 0.3 is 0 Å². The number of hydrogen-bond acceptors (Lipinski definition) is 2. The monoisotopic (exact) mass is 354 g/mol. The lowest BCUT2D eigenvalue weighted by molar-refractivity contribution is 0.174. The summed E-state index contributed by atoms with van der Waals surface area (Å²) in [5.74, 6) is 13.5. The summed E-state index contributed by atoms with van der Waals surface area (Å²) in [6.07, 6.45) is 0. The Morgan fingerprint density at radius 3 is 1.82 bits per heavy atom. The molecule has 1 aliphatic rings. The predicted octanol–water partition coefficient (Wildman–Crippen LogP) is 2.91. The molecule has 17 heavy (non-hydrogen) atoms. The number of ether oxygens (including phenoxy) is 2. The summed E-state index contributed by atoms with van der Waals surface area (Å²) in [4.78, 5) is 0. The molecule has 0 saturated heterocycles. The van der Waals surface area contributed by atoms with Crippen LogP contribution in [0.5, 0.6) is 11.5 Å². The Balaban J connectivity index is 2.47. The molecule has 0 N–H and O–H groups in total. The number of rotatable bonds is 0. The van der Waals surface area contributed by atoms with Crippen molar-refractivity contribution < 1.29 is 9.47 Å². The smallest absolute Gasteiger partial charge is 0.231 e. The van der Waals surface area contributed by atoms with E-state index in [4.69, 9.17) is 9.47 Å². The number of halogens is 2. The average Bonchev–Trinajstić information content (AvgIpc) is 2.80. The molecule has 0 fully saturated rings. The van der Waals surface area contributed by atoms with Crippen LogP contribution in [0.4, 0.5) is 0 Å². The van der Waals surface area contributed by atoms with Gasteiger partial charge in [-0.05, 0) is 0 Å². The Hall–Kier alpha value is -1.10. The van der Waals surface area contributed by atoms with Gasteiger partial charge in [-0.15, -0.1) is 0 Å². The molecule has 0 bridgehead atoms. The van der Waals surface area contributed by atoms with Crippen molar-refractivity contribution in [2.24, 2.45) is 0 Å². The minimum Gasteiger partial charge on any atom is -0.454 e. The van der Waals surface area contributed by atoms with Crippen molar-refractivity contribution in [3.8, 4) is 35.2 Å². The molecule has 2 nitrogen and oxygen atoms in total. The molecule has 0 radical (unpaired) electrons. The Labute approximate surface area is 117 Å². The molecule has 0 amide bonds. The first-order valence-corrected chi connectivity index (χ1v) is 7.12. The summed E-state index contributed by atoms with van der Waals surface area (Å²) in [6.45, 7) is 0.260. The molecule has 0 aliphatic carbocycles. The van der Waals surface area contributed by atoms with E-state index in [9.17, 15) is 0 Å². The molecule has 0 atom stereocenters. The highest BCUT2D eigenvalue weighted by Gasteiger charge is 2.15. The Bertz CT molecular complexity index is 495. The summed E-state index contributed by atoms with van der Waals surface area (Å²) in [5.41, 5.74) is 1.73. The fourth-order valence-corrected chi connectivity index (χ4v) is 1.69. The van der Waals surface area contributed by atoms with Crippen molar-refractivity contribution in [2.75, 3.05) is 17.5 Å². The van der Waals surface area contributed by atoms with Gasteiger partial charge in [0.15, 0.2) is 11.5 Å². The molecule has 1 aliphatic heterocycles. The van der Waals surface area contributed by atoms with Gasteiger partial charge in [-0.3, -0.25) is 0 Å². The van der Waals surface area contributed by atoms with E-state index in [2.05, 4.69) is 55.5 Å². The summed E-state index contributed by atoms with van der Waals surface area (Å²) < 4.78 is 10.6. The van der Waals surface area contributed by atoms with Gasteiger partial charge < -0.3 is 9.47 Å². The van der Waals surface area contributed by atoms with Crippen LogP contribution in [0.1, 0.15) is 11.1 Å². The molecule has 0 saturated carbocycles. The molecule has 1 aromatic rings. The van der Waals surface area contributed by atoms with Crippen molar-refractivity contribution in [3.63, 3.8) is 0 Å². The van der Waals surface area contributed by atoms with Gasteiger partial charge in [0.05, 0.1) is 10.7 Å². The molecule has 0 spiro atoms. The van der Waals surface area contributed by atoms with Crippen molar-refractivity contribution in [2.45, 2.75) is 0 Å². The maximum atomic E-state index is 5.32. The first-order valence-electron chi connectivity index (χ1n) is 4.88. The van der Waals surface area contributed by atoms with Crippen molar-refractivity contribution in [1.29, 1.82) is 0 Å². The molecule has 1 aromatic carbocycles. The minimum absolute atomic E-state index is 0.260. The van der Waals surface area contributed by atoms with E-state index >= 15 is 0 Å². The van der Waals surface area contributed by atoms with Crippen LogP contribution < -0.4 is 9.47 Å². The van der Waals surface area contributed by atoms with Crippen molar-refractivity contribution >= 4 is 31.9 Å². The summed E-state index contributed by atoms with van der Waals surface area (Å²) in [6, 6.07) is 3.74. The summed E-state index contributed by atoms with van der Waals surface area (Å²) >= 11 is 6.55. The van der Waals surface area contributed by atoms with Gasteiger partial charge in [-0.2, -0.15) is 0 Å². The SMILES string of the molecule is BrCC#Cc1cc2c(cc1C#CCBr)OCO2. The van der Waals surface area contributed by atoms with E-state index in [0.29, 0.717) is 10.7 Å². The normalized spacial score (nSPS) is 11.2. The maximum absolute atomic E-state index is 5.32. The second kappa shape index (κ2) is 6.00. The summed E-state index contributed by atoms with van der Waals surface area (Å²) in [7, 11) is 0. The van der Waals surface area contributed by atoms with Crippen LogP contribution in [-0.2, 0) is 0 Å². The lowest BCUT2D eigenvalue weighted by Crippen LogP contribution is -1.92. The largest absolute Gasteiger partial charge is 0.454 e. The zero-order valence-electron chi connectivity index (χ0n) is 8.85. The Morgan fingerprint density at radius 2 is 1.41 bits per heavy atom. The minimum atomic E-state index is 0.260. The molecule has 0 aromatic heterocycles. The summed E-state index contributed by atoms with van der Waals surface area (Å²) in [5, 5.41) is 1.26. The quantitative estimate of drug-likeness (QED) is 0.526. The van der Waals surface area contributed by atoms with Gasteiger partial charge in [-0.25, -0.2) is 0 Å². The van der Waals surface area contributed by atoms with Crippen LogP contribution >= 0.6 is 31.9 Å². The average molecular weight is 356 g/mol. The highest BCUT2D eigenvalue weighted by molar-refractivity contribution is 9.09. The second-order valence-electron chi connectivity index (χ2n) is 3.12. The van der Waals surface area contributed by atoms with Gasteiger partial charge in [-0.1, -0.05) is 55.5 Å². The Kier molecular flexibility index (Phi) is 4.36. The van der Waals surface area contributed by atoms with Crippen LogP contribution in [0.3, 0.4) is 0 Å². The Morgan fingerprint density at radius 1 is 0.941 bits per heavy atom. The third-order valence-corrected chi connectivity index (χ3v) is 2.65. The van der Waals surface area contributed by atoms with E-state index in [1.54, 1.807) is 0 Å². The van der Waals surface area contributed by atoms with E-state index in [-0.39, 0.29) is 6.79 Å². The first kappa shape index (κ1) is 12.4. The van der Waals surface area contributed by atoms with Crippen LogP contribution in [0.15, 0.2) is 12.1 Å². The second-order valence-corrected chi connectivity index (χ2v) is 4.24. The fourth-order valence-electron chi connectivity index (χ4n) is 1.41. The third kappa shape index (κ3) is 2.97. The van der Waals surface area contributed by atoms with Gasteiger partial charge in [0.1, 0.15) is 0 Å². The molecule has 0 unspecified atom stereocenters. The third-order valence-electron chi connectivity index (χ3n) is 2.09. The molecule has 2 rings (SSSR count). The number of fused-ring (bicyclic) bond motifs is 1. The number of alkyl halides is 2. The number of benzene rings is 1. The molecular weight excluding hydrogens is 348 g/mol. The van der Waals surface area contributed by atoms with Crippen LogP contribution in [-0.4, -0.2) is 17.5 Å². The zero-order valence-corrected chi connectivity index (χ0v) is 12.0. The van der Waals surface area contributed by atoms with E-state index in [1.165, 1.54) is 0 Å². The maximum Gasteiger partial charge on any atom is 0.231 e. The van der Waals surface area contributed by atoms with Crippen LogP contribution in [0, 0.1) is 23.7 Å². The van der Waals surface area contributed by atoms with E-state index in [0.717, 1.165) is 22.6 Å². The first-order chi connectivity index (χ1) is 8.35. The van der Waals surface area contributed by atoms with Gasteiger partial charge in [0, 0.05) is 23.3 Å². The fraction of sp³-hybridized carbons (Fsp3) is 0.231. The van der Waals surface area contributed by atoms with Crippen molar-refractivity contribution in [3.05, 3.63) is 23.3 Å². The highest BCUT2D eigenvalue weighted by atomic mass is 79.9. The van der Waals surface area contributed by atoms with E-state index in [1.807, 2.05) is 12.1 Å². The molecular formula is C13H8Br2O2. The van der Waals surface area contributed by atoms with Crippen LogP contribution in [0.25, 0.3) is 0 Å². The molecule has 4 heteroatoms. The zero-order chi connectivity index (χ0) is 12.1. The van der Waals surface area contributed by atoms with Crippen molar-refractivity contribution in [1.82, 2.24) is 0 Å². The molecule has 1 heterocycles. The predicted molar refractivity (Wildman–Crippen MR) is 73.9 cm³/mol. The lowest BCUT2D eigenvalue weighted by atomic mass is 10.1. The van der Waals surface area contributed by atoms with Gasteiger partial charge in [0.25, 0.3) is 0 Å². The number of hydrogen-bond donors (Lipinski definition) is 0. The van der Waals surface area contributed by atoms with Gasteiger partial charge in [0.2, 0.25) is 6.79 Å².